The molecule has 2 aromatic heterocycles. The summed E-state index contributed by atoms with van der Waals surface area (Å²) in [6.07, 6.45) is 6.56. The molecule has 0 bridgehead atoms. The normalized spacial score (nSPS) is 19.6. The number of piperazine rings is 1. The van der Waals surface area contributed by atoms with E-state index in [0.29, 0.717) is 11.7 Å². The van der Waals surface area contributed by atoms with Crippen molar-refractivity contribution in [3.63, 3.8) is 0 Å². The summed E-state index contributed by atoms with van der Waals surface area (Å²) in [5.74, 6) is 0.0424. The summed E-state index contributed by atoms with van der Waals surface area (Å²) in [7, 11) is 1.90. The average molecular weight is 441 g/mol. The third-order valence-corrected chi connectivity index (χ3v) is 7.33. The third kappa shape index (κ3) is 5.16. The molecule has 0 aliphatic carbocycles. The van der Waals surface area contributed by atoms with Crippen LogP contribution in [-0.2, 0) is 6.54 Å². The minimum absolute atomic E-state index is 0.0424. The number of unbranched alkanes of at least 4 members (excludes halogenated alkanes) is 1. The van der Waals surface area contributed by atoms with Gasteiger partial charge < -0.3 is 14.2 Å². The molecule has 0 unspecified atom stereocenters. The first-order valence-electron chi connectivity index (χ1n) is 12.5. The Morgan fingerprint density at radius 2 is 1.81 bits per heavy atom. The van der Waals surface area contributed by atoms with Gasteiger partial charge in [0.05, 0.1) is 5.69 Å². The molecule has 0 atom stereocenters. The largest absolute Gasteiger partial charge is 0.340 e. The number of likely N-dealkylation sites (tertiary alicyclic amines) is 1. The summed E-state index contributed by atoms with van der Waals surface area (Å²) in [6, 6.07) is 6.71. The molecule has 4 heterocycles. The Kier molecular flexibility index (Phi) is 7.81. The number of hydrogen-bond acceptors (Lipinski definition) is 5. The van der Waals surface area contributed by atoms with Crippen molar-refractivity contribution in [2.24, 2.45) is 0 Å². The average Bonchev–Trinajstić information content (AvgIpc) is 3.21. The Balaban J connectivity index is 1.42. The quantitative estimate of drug-likeness (QED) is 0.632. The van der Waals surface area contributed by atoms with E-state index in [0.717, 1.165) is 50.4 Å². The highest BCUT2D eigenvalue weighted by molar-refractivity contribution is 5.94. The Hall–Kier alpha value is -1.96. The Morgan fingerprint density at radius 1 is 1.06 bits per heavy atom. The lowest BCUT2D eigenvalue weighted by molar-refractivity contribution is 0.0587. The molecule has 2 aliphatic heterocycles. The zero-order valence-corrected chi connectivity index (χ0v) is 20.2. The van der Waals surface area contributed by atoms with Crippen molar-refractivity contribution in [2.75, 3.05) is 59.4 Å². The molecule has 2 fully saturated rings. The number of fused-ring (bicyclic) bond motifs is 1. The van der Waals surface area contributed by atoms with Crippen LogP contribution in [0.5, 0.6) is 0 Å². The topological polar surface area (TPSA) is 47.3 Å². The summed E-state index contributed by atoms with van der Waals surface area (Å²) in [5.41, 5.74) is 2.51. The predicted octanol–water partition coefficient (Wildman–Crippen LogP) is 2.81. The van der Waals surface area contributed by atoms with Crippen LogP contribution >= 0.6 is 0 Å². The number of imidazole rings is 1. The van der Waals surface area contributed by atoms with Gasteiger partial charge in [-0.15, -0.1) is 0 Å². The molecule has 0 radical (unpaired) electrons. The van der Waals surface area contributed by atoms with E-state index in [4.69, 9.17) is 4.98 Å². The third-order valence-electron chi connectivity index (χ3n) is 7.33. The SMILES string of the molecule is CCCCN(C)C(=O)c1nc2ccccn2c1CN1CCC(N2CCN(CC)CC2)CC1. The number of pyridine rings is 1. The standard InChI is InChI=1S/C25H40N6O/c1-4-6-12-27(3)25(32)24-22(31-13-8-7-9-23(31)26-24)20-29-14-10-21(11-15-29)30-18-16-28(5-2)17-19-30/h7-9,13,21H,4-6,10-12,14-20H2,1-3H3. The molecule has 0 spiro atoms. The molecule has 0 N–H and O–H groups in total. The van der Waals surface area contributed by atoms with Crippen LogP contribution in [0.25, 0.3) is 5.65 Å². The fourth-order valence-corrected chi connectivity index (χ4v) is 5.15. The van der Waals surface area contributed by atoms with Gasteiger partial charge in [-0.2, -0.15) is 0 Å². The second-order valence-electron chi connectivity index (χ2n) is 9.39. The van der Waals surface area contributed by atoms with Crippen LogP contribution in [0.3, 0.4) is 0 Å². The molecule has 2 saturated heterocycles. The van der Waals surface area contributed by atoms with Crippen molar-refractivity contribution in [3.05, 3.63) is 35.8 Å². The molecular weight excluding hydrogens is 400 g/mol. The summed E-state index contributed by atoms with van der Waals surface area (Å²) in [4.78, 5) is 27.6. The van der Waals surface area contributed by atoms with Crippen LogP contribution in [0.4, 0.5) is 0 Å². The zero-order chi connectivity index (χ0) is 22.5. The number of carbonyl (C=O) groups excluding carboxylic acids is 1. The van der Waals surface area contributed by atoms with Crippen LogP contribution < -0.4 is 0 Å². The first kappa shape index (κ1) is 23.2. The molecular formula is C25H40N6O. The summed E-state index contributed by atoms with van der Waals surface area (Å²) in [6.45, 7) is 14.1. The Labute approximate surface area is 193 Å². The van der Waals surface area contributed by atoms with Crippen molar-refractivity contribution in [2.45, 2.75) is 52.1 Å². The number of piperidine rings is 1. The maximum Gasteiger partial charge on any atom is 0.274 e. The fraction of sp³-hybridized carbons (Fsp3) is 0.680. The van der Waals surface area contributed by atoms with E-state index in [1.807, 2.05) is 36.3 Å². The van der Waals surface area contributed by atoms with Gasteiger partial charge in [0.25, 0.3) is 5.91 Å². The van der Waals surface area contributed by atoms with Gasteiger partial charge >= 0.3 is 0 Å². The van der Waals surface area contributed by atoms with Crippen LogP contribution in [-0.4, -0.2) is 100 Å². The van der Waals surface area contributed by atoms with E-state index in [9.17, 15) is 4.79 Å². The molecule has 2 aliphatic rings. The van der Waals surface area contributed by atoms with Crippen LogP contribution in [0, 0.1) is 0 Å². The van der Waals surface area contributed by atoms with Crippen molar-refractivity contribution >= 4 is 11.6 Å². The molecule has 7 nitrogen and oxygen atoms in total. The highest BCUT2D eigenvalue weighted by atomic mass is 16.2. The van der Waals surface area contributed by atoms with Crippen LogP contribution in [0.15, 0.2) is 24.4 Å². The minimum atomic E-state index is 0.0424. The Morgan fingerprint density at radius 3 is 2.50 bits per heavy atom. The first-order valence-corrected chi connectivity index (χ1v) is 12.5. The smallest absolute Gasteiger partial charge is 0.274 e. The summed E-state index contributed by atoms with van der Waals surface area (Å²) in [5, 5.41) is 0. The molecule has 32 heavy (non-hydrogen) atoms. The molecule has 7 heteroatoms. The molecule has 0 saturated carbocycles. The van der Waals surface area contributed by atoms with E-state index in [2.05, 4.69) is 32.9 Å². The minimum Gasteiger partial charge on any atom is -0.340 e. The van der Waals surface area contributed by atoms with E-state index in [1.54, 1.807) is 0 Å². The lowest BCUT2D eigenvalue weighted by Gasteiger charge is -2.42. The van der Waals surface area contributed by atoms with E-state index in [1.165, 1.54) is 45.6 Å². The van der Waals surface area contributed by atoms with Crippen molar-refractivity contribution in [1.29, 1.82) is 0 Å². The number of hydrogen-bond donors (Lipinski definition) is 0. The zero-order valence-electron chi connectivity index (χ0n) is 20.2. The number of carbonyl (C=O) groups is 1. The number of nitrogens with zero attached hydrogens (tertiary/aromatic N) is 6. The monoisotopic (exact) mass is 440 g/mol. The van der Waals surface area contributed by atoms with Gasteiger partial charge in [-0.25, -0.2) is 4.98 Å². The molecule has 176 valence electrons. The molecule has 0 aromatic carbocycles. The van der Waals surface area contributed by atoms with Crippen molar-refractivity contribution in [3.8, 4) is 0 Å². The fourth-order valence-electron chi connectivity index (χ4n) is 5.15. The van der Waals surface area contributed by atoms with Gasteiger partial charge in [0.15, 0.2) is 5.69 Å². The highest BCUT2D eigenvalue weighted by Crippen LogP contribution is 2.22. The first-order chi connectivity index (χ1) is 15.6. The summed E-state index contributed by atoms with van der Waals surface area (Å²) < 4.78 is 2.11. The van der Waals surface area contributed by atoms with Gasteiger partial charge in [0, 0.05) is 71.6 Å². The van der Waals surface area contributed by atoms with E-state index < -0.39 is 0 Å². The molecule has 2 aromatic rings. The van der Waals surface area contributed by atoms with Crippen molar-refractivity contribution < 1.29 is 4.79 Å². The second kappa shape index (κ2) is 10.8. The number of aromatic nitrogens is 2. The summed E-state index contributed by atoms with van der Waals surface area (Å²) >= 11 is 0. The number of rotatable bonds is 8. The maximum absolute atomic E-state index is 13.2. The van der Waals surface area contributed by atoms with Gasteiger partial charge in [-0.1, -0.05) is 26.3 Å². The lowest BCUT2D eigenvalue weighted by atomic mass is 10.0. The van der Waals surface area contributed by atoms with Crippen LogP contribution in [0.2, 0.25) is 0 Å². The lowest BCUT2D eigenvalue weighted by Crippen LogP contribution is -2.53. The van der Waals surface area contributed by atoms with Gasteiger partial charge in [-0.05, 0) is 37.9 Å². The molecule has 1 amide bonds. The van der Waals surface area contributed by atoms with Gasteiger partial charge in [-0.3, -0.25) is 14.6 Å². The number of likely N-dealkylation sites (N-methyl/N-ethyl adjacent to an activating group) is 1. The number of amides is 1. The molecule has 4 rings (SSSR count). The second-order valence-corrected chi connectivity index (χ2v) is 9.39. The van der Waals surface area contributed by atoms with Gasteiger partial charge in [0.1, 0.15) is 5.65 Å². The highest BCUT2D eigenvalue weighted by Gasteiger charge is 2.29. The van der Waals surface area contributed by atoms with E-state index >= 15 is 0 Å². The maximum atomic E-state index is 13.2. The van der Waals surface area contributed by atoms with E-state index in [-0.39, 0.29) is 5.91 Å². The van der Waals surface area contributed by atoms with Crippen LogP contribution in [0.1, 0.15) is 55.7 Å². The predicted molar refractivity (Wildman–Crippen MR) is 129 cm³/mol. The van der Waals surface area contributed by atoms with Crippen molar-refractivity contribution in [1.82, 2.24) is 29.0 Å². The Bertz CT molecular complexity index is 880. The van der Waals surface area contributed by atoms with Gasteiger partial charge in [0.2, 0.25) is 0 Å².